The van der Waals surface area contributed by atoms with Crippen LogP contribution in [0.4, 0.5) is 0 Å². The van der Waals surface area contributed by atoms with Crippen LogP contribution >= 0.6 is 17.0 Å². The first kappa shape index (κ1) is 38.9. The second kappa shape index (κ2) is 16.4. The van der Waals surface area contributed by atoms with E-state index in [2.05, 4.69) is 152 Å². The molecule has 6 aromatic rings. The summed E-state index contributed by atoms with van der Waals surface area (Å²) in [7, 11) is 10.6. The molecule has 2 nitrogen and oxygen atoms in total. The number of benzene rings is 4. The molecule has 0 bridgehead atoms. The Labute approximate surface area is 342 Å². The molecule has 2 aliphatic rings. The minimum absolute atomic E-state index is 0.270. The summed E-state index contributed by atoms with van der Waals surface area (Å²) in [4.78, 5) is 0. The zero-order valence-corrected chi connectivity index (χ0v) is 37.3. The number of fused-ring (bicyclic) bond motifs is 2. The summed E-state index contributed by atoms with van der Waals surface area (Å²) in [6.45, 7) is 17.6. The van der Waals surface area contributed by atoms with E-state index in [0.717, 1.165) is 44.6 Å². The van der Waals surface area contributed by atoms with Crippen LogP contribution in [-0.2, 0) is 20.8 Å². The molecule has 2 aromatic heterocycles. The second-order valence-corrected chi connectivity index (χ2v) is 19.9. The molecule has 2 atom stereocenters. The number of halogens is 2. The van der Waals surface area contributed by atoms with Crippen molar-refractivity contribution >= 4 is 49.8 Å². The Morgan fingerprint density at radius 2 is 0.907 bits per heavy atom. The van der Waals surface area contributed by atoms with Gasteiger partial charge in [0.05, 0.1) is 0 Å². The maximum absolute atomic E-state index is 6.47. The molecule has 0 aliphatic heterocycles. The molecule has 2 aliphatic carbocycles. The van der Waals surface area contributed by atoms with E-state index in [9.17, 15) is 0 Å². The Bertz CT molecular complexity index is 2190. The van der Waals surface area contributed by atoms with Crippen molar-refractivity contribution in [1.29, 1.82) is 0 Å². The van der Waals surface area contributed by atoms with Gasteiger partial charge in [-0.3, -0.25) is 0 Å². The van der Waals surface area contributed by atoms with Gasteiger partial charge in [-0.1, -0.05) is 72.8 Å². The molecule has 4 aromatic carbocycles. The molecule has 0 N–H and O–H groups in total. The van der Waals surface area contributed by atoms with E-state index in [-0.39, 0.29) is 11.8 Å². The van der Waals surface area contributed by atoms with E-state index in [1.54, 1.807) is 0 Å². The third-order valence-electron chi connectivity index (χ3n) is 11.7. The standard InChI is InChI=1S/C48H46O2Si.2ClH.Zr/c1-27-19-37-41(47(31(27)5)35-15-11-9-12-16-35)23-39(45-21-29(3)33(7)49-45)43(37)25-51-26-44-38-20-28(2)32(6)48(36-17-13-10-14-18-36)42(38)24-40(44)46-22-30(4)34(8)50-46;;;/h9-24,43-44H,25-26H2,1-8H3;2*1H;/q;;;+2/p-2. The first-order chi connectivity index (χ1) is 26.0. The fourth-order valence-electron chi connectivity index (χ4n) is 8.34. The average Bonchev–Trinajstić information content (AvgIpc) is 3.90. The maximum atomic E-state index is 6.47. The molecule has 2 radical (unpaired) electrons. The van der Waals surface area contributed by atoms with Gasteiger partial charge in [0.2, 0.25) is 0 Å². The van der Waals surface area contributed by atoms with Crippen LogP contribution in [0.3, 0.4) is 0 Å². The van der Waals surface area contributed by atoms with Gasteiger partial charge in [0.25, 0.3) is 0 Å². The Balaban J connectivity index is 0.00000145. The van der Waals surface area contributed by atoms with Crippen molar-refractivity contribution in [2.45, 2.75) is 79.3 Å². The number of hydrogen-bond donors (Lipinski definition) is 0. The third kappa shape index (κ3) is 7.33. The first-order valence-electron chi connectivity index (χ1n) is 18.7. The molecule has 272 valence electrons. The second-order valence-electron chi connectivity index (χ2n) is 14.9. The van der Waals surface area contributed by atoms with E-state index in [0.29, 0.717) is 0 Å². The van der Waals surface area contributed by atoms with Crippen LogP contribution in [0.5, 0.6) is 0 Å². The molecule has 0 spiro atoms. The summed E-state index contributed by atoms with van der Waals surface area (Å²) in [5.74, 6) is 4.56. The molecular weight excluding hydrogens is 799 g/mol. The summed E-state index contributed by atoms with van der Waals surface area (Å²) in [5.41, 5.74) is 21.3. The summed E-state index contributed by atoms with van der Waals surface area (Å²) >= 11 is -0.826. The Hall–Kier alpha value is -3.40. The third-order valence-corrected chi connectivity index (χ3v) is 13.1. The molecule has 0 fully saturated rings. The summed E-state index contributed by atoms with van der Waals surface area (Å²) in [6.07, 6.45) is 4.89. The number of rotatable bonds is 8. The van der Waals surface area contributed by atoms with Crippen molar-refractivity contribution in [3.63, 3.8) is 0 Å². The molecular formula is C48H46Cl2O2SiZr. The quantitative estimate of drug-likeness (QED) is 0.143. The fourth-order valence-corrected chi connectivity index (χ4v) is 9.97. The zero-order chi connectivity index (χ0) is 38.3. The number of allylic oxidation sites excluding steroid dienone is 2. The van der Waals surface area contributed by atoms with Gasteiger partial charge in [0.1, 0.15) is 23.0 Å². The topological polar surface area (TPSA) is 26.3 Å². The van der Waals surface area contributed by atoms with E-state index in [1.165, 1.54) is 89.0 Å². The molecule has 0 amide bonds. The zero-order valence-electron chi connectivity index (χ0n) is 32.4. The summed E-state index contributed by atoms with van der Waals surface area (Å²) in [5, 5.41) is 0. The van der Waals surface area contributed by atoms with Crippen LogP contribution in [0.1, 0.15) is 90.5 Å². The molecule has 0 saturated heterocycles. The number of aryl methyl sites for hydroxylation is 6. The van der Waals surface area contributed by atoms with Crippen molar-refractivity contribution in [3.8, 4) is 22.3 Å². The molecule has 0 saturated carbocycles. The van der Waals surface area contributed by atoms with Gasteiger partial charge in [-0.25, -0.2) is 0 Å². The monoisotopic (exact) mass is 842 g/mol. The van der Waals surface area contributed by atoms with Crippen LogP contribution in [0.15, 0.2) is 93.8 Å². The molecule has 54 heavy (non-hydrogen) atoms. The summed E-state index contributed by atoms with van der Waals surface area (Å²) in [6, 6.07) is 33.4. The van der Waals surface area contributed by atoms with Crippen molar-refractivity contribution in [3.05, 3.63) is 164 Å². The summed E-state index contributed by atoms with van der Waals surface area (Å²) < 4.78 is 12.9. The molecule has 2 unspecified atom stereocenters. The van der Waals surface area contributed by atoms with Crippen LogP contribution < -0.4 is 0 Å². The van der Waals surface area contributed by atoms with Gasteiger partial charge in [0.15, 0.2) is 0 Å². The average molecular weight is 845 g/mol. The van der Waals surface area contributed by atoms with Gasteiger partial charge in [-0.15, -0.1) is 0 Å². The van der Waals surface area contributed by atoms with Crippen LogP contribution in [0.2, 0.25) is 12.1 Å². The van der Waals surface area contributed by atoms with E-state index >= 15 is 0 Å². The van der Waals surface area contributed by atoms with Crippen molar-refractivity contribution in [2.75, 3.05) is 0 Å². The van der Waals surface area contributed by atoms with Gasteiger partial charge in [0, 0.05) is 32.5 Å². The van der Waals surface area contributed by atoms with Crippen LogP contribution in [0.25, 0.3) is 45.6 Å². The first-order valence-corrected chi connectivity index (χ1v) is 26.4. The predicted molar refractivity (Wildman–Crippen MR) is 227 cm³/mol. The van der Waals surface area contributed by atoms with Crippen LogP contribution in [-0.4, -0.2) is 9.52 Å². The number of furan rings is 2. The van der Waals surface area contributed by atoms with Crippen LogP contribution in [0, 0.1) is 55.4 Å². The Kier molecular flexibility index (Phi) is 11.8. The normalized spacial score (nSPS) is 15.7. The molecule has 8 rings (SSSR count). The van der Waals surface area contributed by atoms with Crippen molar-refractivity contribution < 1.29 is 29.7 Å². The Morgan fingerprint density at radius 1 is 0.537 bits per heavy atom. The molecule has 2 heterocycles. The van der Waals surface area contributed by atoms with Crippen molar-refractivity contribution in [2.24, 2.45) is 0 Å². The fraction of sp³-hybridized carbons (Fsp3) is 0.250. The van der Waals surface area contributed by atoms with E-state index in [1.807, 2.05) is 0 Å². The van der Waals surface area contributed by atoms with Gasteiger partial charge in [-0.05, 0) is 170 Å². The SMILES string of the molecule is Cc1cc(C2=Cc3c(cc(C)c(C)c3-c3ccccc3)C2C[Si]CC2C(c3cc(C)c(C)o3)=Cc3c2cc(C)c(C)c3-c2ccccc2)oc1C.[Cl][Zr][Cl]. The molecule has 6 heteroatoms. The number of hydrogen-bond acceptors (Lipinski definition) is 2. The minimum atomic E-state index is -0.826. The van der Waals surface area contributed by atoms with E-state index < -0.39 is 20.8 Å². The van der Waals surface area contributed by atoms with Crippen molar-refractivity contribution in [1.82, 2.24) is 0 Å². The van der Waals surface area contributed by atoms with Gasteiger partial charge >= 0.3 is 37.9 Å². The van der Waals surface area contributed by atoms with E-state index in [4.69, 9.17) is 25.9 Å². The predicted octanol–water partition coefficient (Wildman–Crippen LogP) is 14.6. The van der Waals surface area contributed by atoms with Gasteiger partial charge in [-0.2, -0.15) is 0 Å². The Morgan fingerprint density at radius 3 is 1.24 bits per heavy atom. The van der Waals surface area contributed by atoms with Gasteiger partial charge < -0.3 is 8.83 Å².